The first-order valence-electron chi connectivity index (χ1n) is 13.9. The molecule has 0 bridgehead atoms. The van der Waals surface area contributed by atoms with Crippen LogP contribution in [0.2, 0.25) is 0 Å². The summed E-state index contributed by atoms with van der Waals surface area (Å²) in [6.07, 6.45) is 27.1. The molecule has 0 fully saturated rings. The van der Waals surface area contributed by atoms with Gasteiger partial charge in [-0.15, -0.1) is 0 Å². The molecule has 0 saturated carbocycles. The molecular formula is C30H50N2. The minimum absolute atomic E-state index is 1.08. The Balaban J connectivity index is 1.41. The lowest BCUT2D eigenvalue weighted by Crippen LogP contribution is -1.99. The minimum Gasteiger partial charge on any atom is -0.335 e. The average molecular weight is 439 g/mol. The molecule has 0 atom stereocenters. The van der Waals surface area contributed by atoms with Crippen LogP contribution in [0.3, 0.4) is 0 Å². The van der Waals surface area contributed by atoms with Crippen molar-refractivity contribution in [3.8, 4) is 0 Å². The molecule has 2 nitrogen and oxygen atoms in total. The Kier molecular flexibility index (Phi) is 14.9. The van der Waals surface area contributed by atoms with Gasteiger partial charge in [0.15, 0.2) is 0 Å². The Morgan fingerprint density at radius 2 is 1.16 bits per heavy atom. The van der Waals surface area contributed by atoms with Gasteiger partial charge in [0, 0.05) is 12.7 Å². The van der Waals surface area contributed by atoms with Crippen LogP contribution >= 0.6 is 0 Å². The lowest BCUT2D eigenvalue weighted by atomic mass is 10.0. The van der Waals surface area contributed by atoms with Crippen LogP contribution in [0, 0.1) is 6.92 Å². The van der Waals surface area contributed by atoms with E-state index < -0.39 is 0 Å². The van der Waals surface area contributed by atoms with Crippen LogP contribution in [0.4, 0.5) is 0 Å². The van der Waals surface area contributed by atoms with E-state index in [4.69, 9.17) is 4.98 Å². The first-order chi connectivity index (χ1) is 15.8. The maximum Gasteiger partial charge on any atom is 0.105 e. The van der Waals surface area contributed by atoms with Crippen molar-refractivity contribution in [1.82, 2.24) is 9.55 Å². The smallest absolute Gasteiger partial charge is 0.105 e. The van der Waals surface area contributed by atoms with Gasteiger partial charge in [0.1, 0.15) is 5.82 Å². The van der Waals surface area contributed by atoms with Gasteiger partial charge in [-0.25, -0.2) is 4.98 Å². The summed E-state index contributed by atoms with van der Waals surface area (Å²) in [5.41, 5.74) is 2.70. The first-order valence-corrected chi connectivity index (χ1v) is 13.9. The highest BCUT2D eigenvalue weighted by Gasteiger charge is 2.04. The fourth-order valence-corrected chi connectivity index (χ4v) is 4.69. The molecule has 0 radical (unpaired) electrons. The molecule has 0 aliphatic carbocycles. The molecule has 0 amide bonds. The van der Waals surface area contributed by atoms with Crippen molar-refractivity contribution in [1.29, 1.82) is 0 Å². The van der Waals surface area contributed by atoms with E-state index in [0.717, 1.165) is 19.4 Å². The molecule has 1 aromatic carbocycles. The maximum atomic E-state index is 4.79. The van der Waals surface area contributed by atoms with Gasteiger partial charge in [0.25, 0.3) is 0 Å². The highest BCUT2D eigenvalue weighted by Crippen LogP contribution is 2.14. The molecule has 0 aliphatic rings. The summed E-state index contributed by atoms with van der Waals surface area (Å²) >= 11 is 0. The number of nitrogens with zero attached hydrogens (tertiary/aromatic N) is 2. The Morgan fingerprint density at radius 3 is 1.72 bits per heavy atom. The van der Waals surface area contributed by atoms with Gasteiger partial charge in [-0.1, -0.05) is 127 Å². The normalized spacial score (nSPS) is 11.3. The van der Waals surface area contributed by atoms with E-state index in [1.54, 1.807) is 0 Å². The Labute approximate surface area is 199 Å². The van der Waals surface area contributed by atoms with Crippen LogP contribution < -0.4 is 0 Å². The van der Waals surface area contributed by atoms with Gasteiger partial charge in [-0.05, 0) is 38.2 Å². The third-order valence-electron chi connectivity index (χ3n) is 6.77. The summed E-state index contributed by atoms with van der Waals surface area (Å²) in [7, 11) is 0. The number of unbranched alkanes of at least 4 members (excludes halogenated alkanes) is 14. The molecule has 2 rings (SSSR count). The van der Waals surface area contributed by atoms with E-state index in [0.29, 0.717) is 0 Å². The SMILES string of the molecule is CCCCCCCCCCCCCCCCCn1cc(CCCc2ccccc2)nc1C. The number of benzene rings is 1. The van der Waals surface area contributed by atoms with Crippen LogP contribution in [0.5, 0.6) is 0 Å². The number of aryl methyl sites for hydroxylation is 4. The molecule has 0 aliphatic heterocycles. The lowest BCUT2D eigenvalue weighted by Gasteiger charge is -2.05. The van der Waals surface area contributed by atoms with E-state index in [2.05, 4.69) is 54.9 Å². The van der Waals surface area contributed by atoms with Crippen LogP contribution in [0.25, 0.3) is 0 Å². The molecule has 1 aromatic heterocycles. The first kappa shape index (κ1) is 26.7. The highest BCUT2D eigenvalue weighted by molar-refractivity contribution is 5.15. The second-order valence-corrected chi connectivity index (χ2v) is 9.76. The molecule has 0 unspecified atom stereocenters. The second-order valence-electron chi connectivity index (χ2n) is 9.76. The molecule has 1 heterocycles. The predicted molar refractivity (Wildman–Crippen MR) is 140 cm³/mol. The van der Waals surface area contributed by atoms with Crippen molar-refractivity contribution in [2.45, 2.75) is 136 Å². The summed E-state index contributed by atoms with van der Waals surface area (Å²) in [4.78, 5) is 4.79. The topological polar surface area (TPSA) is 17.8 Å². The molecule has 2 aromatic rings. The maximum absolute atomic E-state index is 4.79. The van der Waals surface area contributed by atoms with Crippen molar-refractivity contribution in [2.75, 3.05) is 0 Å². The molecule has 2 heteroatoms. The van der Waals surface area contributed by atoms with E-state index in [1.807, 2.05) is 0 Å². The summed E-state index contributed by atoms with van der Waals surface area (Å²) in [5.74, 6) is 1.19. The highest BCUT2D eigenvalue weighted by atomic mass is 15.1. The number of aromatic nitrogens is 2. The molecule has 0 N–H and O–H groups in total. The van der Waals surface area contributed by atoms with Crippen molar-refractivity contribution in [2.24, 2.45) is 0 Å². The standard InChI is InChI=1S/C30H50N2/c1-3-4-5-6-7-8-9-10-11-12-13-14-15-16-20-26-32-27-30(31-28(32)2)25-21-24-29-22-18-17-19-23-29/h17-19,22-23,27H,3-16,20-21,24-26H2,1-2H3. The van der Waals surface area contributed by atoms with Crippen molar-refractivity contribution < 1.29 is 0 Å². The van der Waals surface area contributed by atoms with Gasteiger partial charge in [-0.3, -0.25) is 0 Å². The third-order valence-corrected chi connectivity index (χ3v) is 6.77. The van der Waals surface area contributed by atoms with Gasteiger partial charge in [-0.2, -0.15) is 0 Å². The zero-order valence-electron chi connectivity index (χ0n) is 21.3. The molecule has 0 saturated heterocycles. The van der Waals surface area contributed by atoms with Gasteiger partial charge >= 0.3 is 0 Å². The van der Waals surface area contributed by atoms with Crippen LogP contribution in [0.15, 0.2) is 36.5 Å². The predicted octanol–water partition coefficient (Wildman–Crippen LogP) is 9.24. The monoisotopic (exact) mass is 438 g/mol. The second kappa shape index (κ2) is 17.9. The minimum atomic E-state index is 1.08. The average Bonchev–Trinajstić information content (AvgIpc) is 3.16. The van der Waals surface area contributed by atoms with Gasteiger partial charge < -0.3 is 4.57 Å². The zero-order valence-corrected chi connectivity index (χ0v) is 21.3. The van der Waals surface area contributed by atoms with E-state index in [9.17, 15) is 0 Å². The van der Waals surface area contributed by atoms with Crippen molar-refractivity contribution in [3.63, 3.8) is 0 Å². The largest absolute Gasteiger partial charge is 0.335 e. The Bertz CT molecular complexity index is 673. The molecule has 0 spiro atoms. The van der Waals surface area contributed by atoms with E-state index >= 15 is 0 Å². The quantitative estimate of drug-likeness (QED) is 0.188. The summed E-state index contributed by atoms with van der Waals surface area (Å²) in [5, 5.41) is 0. The fourth-order valence-electron chi connectivity index (χ4n) is 4.69. The summed E-state index contributed by atoms with van der Waals surface area (Å²) < 4.78 is 2.38. The zero-order chi connectivity index (χ0) is 22.7. The van der Waals surface area contributed by atoms with E-state index in [-0.39, 0.29) is 0 Å². The van der Waals surface area contributed by atoms with Crippen molar-refractivity contribution in [3.05, 3.63) is 53.6 Å². The number of hydrogen-bond donors (Lipinski definition) is 0. The lowest BCUT2D eigenvalue weighted by molar-refractivity contribution is 0.520. The van der Waals surface area contributed by atoms with Crippen LogP contribution in [0.1, 0.15) is 127 Å². The summed E-state index contributed by atoms with van der Waals surface area (Å²) in [6.45, 7) is 5.59. The Hall–Kier alpha value is -1.57. The van der Waals surface area contributed by atoms with Gasteiger partial charge in [0.2, 0.25) is 0 Å². The molecule has 32 heavy (non-hydrogen) atoms. The van der Waals surface area contributed by atoms with Crippen LogP contribution in [-0.4, -0.2) is 9.55 Å². The van der Waals surface area contributed by atoms with E-state index in [1.165, 1.54) is 120 Å². The summed E-state index contributed by atoms with van der Waals surface area (Å²) in [6, 6.07) is 10.8. The molecule has 180 valence electrons. The fraction of sp³-hybridized carbons (Fsp3) is 0.700. The number of imidazole rings is 1. The number of rotatable bonds is 20. The molecular weight excluding hydrogens is 388 g/mol. The number of hydrogen-bond acceptors (Lipinski definition) is 1. The van der Waals surface area contributed by atoms with Crippen LogP contribution in [-0.2, 0) is 19.4 Å². The van der Waals surface area contributed by atoms with Gasteiger partial charge in [0.05, 0.1) is 5.69 Å². The Morgan fingerprint density at radius 1 is 0.625 bits per heavy atom. The third kappa shape index (κ3) is 12.5. The van der Waals surface area contributed by atoms with Crippen molar-refractivity contribution >= 4 is 0 Å².